The predicted octanol–water partition coefficient (Wildman–Crippen LogP) is 1.83. The highest BCUT2D eigenvalue weighted by Crippen LogP contribution is 2.28. The van der Waals surface area contributed by atoms with Crippen LogP contribution < -0.4 is 5.32 Å². The fraction of sp³-hybridized carbons (Fsp3) is 0.882. The highest BCUT2D eigenvalue weighted by atomic mass is 16.3. The molecule has 0 bridgehead atoms. The van der Waals surface area contributed by atoms with E-state index < -0.39 is 5.60 Å². The number of likely N-dealkylation sites (tertiary alicyclic amines) is 1. The van der Waals surface area contributed by atoms with Crippen molar-refractivity contribution in [3.63, 3.8) is 0 Å². The second kappa shape index (κ2) is 6.99. The fourth-order valence-electron chi connectivity index (χ4n) is 3.78. The molecule has 5 nitrogen and oxygen atoms in total. The normalized spacial score (nSPS) is 24.5. The van der Waals surface area contributed by atoms with Crippen molar-refractivity contribution in [2.75, 3.05) is 6.54 Å². The smallest absolute Gasteiger partial charge is 0.224 e. The number of hydrogen-bond donors (Lipinski definition) is 2. The van der Waals surface area contributed by atoms with Gasteiger partial charge in [0.05, 0.1) is 11.6 Å². The van der Waals surface area contributed by atoms with Gasteiger partial charge in [0, 0.05) is 24.9 Å². The molecule has 22 heavy (non-hydrogen) atoms. The summed E-state index contributed by atoms with van der Waals surface area (Å²) in [5.74, 6) is 0.260. The average Bonchev–Trinajstić information content (AvgIpc) is 3.09. The lowest BCUT2D eigenvalue weighted by Gasteiger charge is -2.34. The van der Waals surface area contributed by atoms with E-state index in [0.717, 1.165) is 38.5 Å². The largest absolute Gasteiger partial charge is 0.388 e. The molecule has 2 atom stereocenters. The lowest BCUT2D eigenvalue weighted by atomic mass is 9.96. The van der Waals surface area contributed by atoms with Gasteiger partial charge in [-0.25, -0.2) is 0 Å². The SMILES string of the molecule is CC(CC(=O)N1CCCC1C(C)(C)O)NC(=O)C1CCCC1. The van der Waals surface area contributed by atoms with Gasteiger partial charge in [-0.1, -0.05) is 12.8 Å². The highest BCUT2D eigenvalue weighted by Gasteiger charge is 2.38. The molecule has 2 amide bonds. The molecule has 5 heteroatoms. The van der Waals surface area contributed by atoms with E-state index in [1.807, 2.05) is 6.92 Å². The number of nitrogens with one attached hydrogen (secondary N) is 1. The summed E-state index contributed by atoms with van der Waals surface area (Å²) in [5, 5.41) is 13.2. The number of carbonyl (C=O) groups is 2. The third-order valence-electron chi connectivity index (χ3n) is 4.98. The van der Waals surface area contributed by atoms with Crippen LogP contribution in [-0.4, -0.2) is 46.1 Å². The Labute approximate surface area is 133 Å². The van der Waals surface area contributed by atoms with E-state index >= 15 is 0 Å². The maximum Gasteiger partial charge on any atom is 0.224 e. The second-order valence-electron chi connectivity index (χ2n) is 7.49. The Morgan fingerprint density at radius 2 is 1.86 bits per heavy atom. The van der Waals surface area contributed by atoms with E-state index in [2.05, 4.69) is 5.32 Å². The van der Waals surface area contributed by atoms with Gasteiger partial charge in [0.2, 0.25) is 11.8 Å². The molecule has 2 aliphatic rings. The zero-order chi connectivity index (χ0) is 16.3. The molecule has 0 radical (unpaired) electrons. The van der Waals surface area contributed by atoms with Crippen LogP contribution in [0.2, 0.25) is 0 Å². The third kappa shape index (κ3) is 4.22. The first-order chi connectivity index (χ1) is 10.3. The Bertz CT molecular complexity index is 411. The van der Waals surface area contributed by atoms with Crippen LogP contribution in [0.15, 0.2) is 0 Å². The van der Waals surface area contributed by atoms with Crippen molar-refractivity contribution >= 4 is 11.8 Å². The van der Waals surface area contributed by atoms with Crippen LogP contribution in [0, 0.1) is 5.92 Å². The maximum atomic E-state index is 12.5. The van der Waals surface area contributed by atoms with E-state index in [9.17, 15) is 14.7 Å². The Morgan fingerprint density at radius 3 is 2.45 bits per heavy atom. The Hall–Kier alpha value is -1.10. The molecule has 1 heterocycles. The molecule has 0 spiro atoms. The fourth-order valence-corrected chi connectivity index (χ4v) is 3.78. The number of amides is 2. The summed E-state index contributed by atoms with van der Waals surface area (Å²) < 4.78 is 0. The van der Waals surface area contributed by atoms with Gasteiger partial charge < -0.3 is 15.3 Å². The molecule has 1 aliphatic carbocycles. The van der Waals surface area contributed by atoms with Crippen molar-refractivity contribution in [3.05, 3.63) is 0 Å². The van der Waals surface area contributed by atoms with Gasteiger partial charge in [0.25, 0.3) is 0 Å². The van der Waals surface area contributed by atoms with E-state index in [1.165, 1.54) is 0 Å². The van der Waals surface area contributed by atoms with Crippen LogP contribution in [0.4, 0.5) is 0 Å². The molecule has 2 unspecified atom stereocenters. The van der Waals surface area contributed by atoms with Crippen LogP contribution in [0.5, 0.6) is 0 Å². The molecule has 0 aromatic rings. The Kier molecular flexibility index (Phi) is 5.48. The molecule has 2 fully saturated rings. The number of hydrogen-bond acceptors (Lipinski definition) is 3. The van der Waals surface area contributed by atoms with Crippen LogP contribution in [0.3, 0.4) is 0 Å². The van der Waals surface area contributed by atoms with Crippen LogP contribution in [-0.2, 0) is 9.59 Å². The van der Waals surface area contributed by atoms with Crippen molar-refractivity contribution in [2.45, 2.75) is 83.4 Å². The summed E-state index contributed by atoms with van der Waals surface area (Å²) in [5.41, 5.74) is -0.873. The molecule has 2 N–H and O–H groups in total. The summed E-state index contributed by atoms with van der Waals surface area (Å²) in [6, 6.07) is -0.263. The maximum absolute atomic E-state index is 12.5. The van der Waals surface area contributed by atoms with Gasteiger partial charge in [0.1, 0.15) is 0 Å². The molecular weight excluding hydrogens is 280 g/mol. The standard InChI is InChI=1S/C17H30N2O3/c1-12(18-16(21)13-7-4-5-8-13)11-15(20)19-10-6-9-14(19)17(2,3)22/h12-14,22H,4-11H2,1-3H3,(H,18,21). The van der Waals surface area contributed by atoms with Gasteiger partial charge in [-0.2, -0.15) is 0 Å². The van der Waals surface area contributed by atoms with E-state index in [0.29, 0.717) is 13.0 Å². The number of rotatable bonds is 5. The van der Waals surface area contributed by atoms with Gasteiger partial charge in [0.15, 0.2) is 0 Å². The minimum Gasteiger partial charge on any atom is -0.388 e. The second-order valence-corrected chi connectivity index (χ2v) is 7.49. The topological polar surface area (TPSA) is 69.6 Å². The van der Waals surface area contributed by atoms with Crippen molar-refractivity contribution in [1.29, 1.82) is 0 Å². The highest BCUT2D eigenvalue weighted by molar-refractivity contribution is 5.81. The van der Waals surface area contributed by atoms with Gasteiger partial charge in [-0.3, -0.25) is 9.59 Å². The van der Waals surface area contributed by atoms with Gasteiger partial charge in [-0.15, -0.1) is 0 Å². The first-order valence-electron chi connectivity index (χ1n) is 8.61. The molecule has 2 rings (SSSR count). The summed E-state index contributed by atoms with van der Waals surface area (Å²) in [7, 11) is 0. The van der Waals surface area contributed by atoms with Gasteiger partial charge in [-0.05, 0) is 46.5 Å². The zero-order valence-electron chi connectivity index (χ0n) is 14.1. The lowest BCUT2D eigenvalue weighted by molar-refractivity contribution is -0.137. The third-order valence-corrected chi connectivity index (χ3v) is 4.98. The molecule has 0 aromatic heterocycles. The summed E-state index contributed by atoms with van der Waals surface area (Å²) in [6.45, 7) is 6.11. The molecular formula is C17H30N2O3. The minimum atomic E-state index is -0.873. The Balaban J connectivity index is 1.84. The summed E-state index contributed by atoms with van der Waals surface area (Å²) in [6.07, 6.45) is 6.30. The summed E-state index contributed by atoms with van der Waals surface area (Å²) >= 11 is 0. The Morgan fingerprint density at radius 1 is 1.23 bits per heavy atom. The number of nitrogens with zero attached hydrogens (tertiary/aromatic N) is 1. The number of carbonyl (C=O) groups excluding carboxylic acids is 2. The number of aliphatic hydroxyl groups is 1. The van der Waals surface area contributed by atoms with Crippen LogP contribution >= 0.6 is 0 Å². The van der Waals surface area contributed by atoms with Crippen molar-refractivity contribution in [1.82, 2.24) is 10.2 Å². The molecule has 1 aliphatic heterocycles. The van der Waals surface area contributed by atoms with Crippen LogP contribution in [0.25, 0.3) is 0 Å². The van der Waals surface area contributed by atoms with E-state index in [4.69, 9.17) is 0 Å². The van der Waals surface area contributed by atoms with Crippen molar-refractivity contribution in [2.24, 2.45) is 5.92 Å². The molecule has 1 saturated carbocycles. The molecule has 0 aromatic carbocycles. The molecule has 126 valence electrons. The predicted molar refractivity (Wildman–Crippen MR) is 85.2 cm³/mol. The summed E-state index contributed by atoms with van der Waals surface area (Å²) in [4.78, 5) is 26.4. The first kappa shape index (κ1) is 17.3. The van der Waals surface area contributed by atoms with Crippen molar-refractivity contribution in [3.8, 4) is 0 Å². The van der Waals surface area contributed by atoms with Gasteiger partial charge >= 0.3 is 0 Å². The first-order valence-corrected chi connectivity index (χ1v) is 8.61. The van der Waals surface area contributed by atoms with Crippen LogP contribution in [0.1, 0.15) is 65.7 Å². The average molecular weight is 310 g/mol. The lowest BCUT2D eigenvalue weighted by Crippen LogP contribution is -2.49. The quantitative estimate of drug-likeness (QED) is 0.814. The van der Waals surface area contributed by atoms with E-state index in [1.54, 1.807) is 18.7 Å². The zero-order valence-corrected chi connectivity index (χ0v) is 14.1. The van der Waals surface area contributed by atoms with E-state index in [-0.39, 0.29) is 29.8 Å². The minimum absolute atomic E-state index is 0.0313. The van der Waals surface area contributed by atoms with Crippen molar-refractivity contribution < 1.29 is 14.7 Å². The monoisotopic (exact) mass is 310 g/mol. The molecule has 1 saturated heterocycles.